The van der Waals surface area contributed by atoms with Crippen molar-refractivity contribution in [2.45, 2.75) is 32.7 Å². The number of hydrogen-bond donors (Lipinski definition) is 2. The first-order valence-corrected chi connectivity index (χ1v) is 7.68. The van der Waals surface area contributed by atoms with Crippen LogP contribution in [0, 0.1) is 5.92 Å². The Labute approximate surface area is 126 Å². The van der Waals surface area contributed by atoms with Gasteiger partial charge in [-0.15, -0.1) is 0 Å². The molecular weight excluding hydrogens is 260 g/mol. The van der Waals surface area contributed by atoms with E-state index in [1.165, 1.54) is 0 Å². The molecule has 2 aromatic rings. The molecule has 3 heteroatoms. The quantitative estimate of drug-likeness (QED) is 0.855. The topological polar surface area (TPSA) is 55.1 Å². The first kappa shape index (κ1) is 15.5. The second-order valence-electron chi connectivity index (χ2n) is 5.51. The maximum Gasteiger partial charge on any atom is 0.251 e. The summed E-state index contributed by atoms with van der Waals surface area (Å²) in [7, 11) is 0. The van der Waals surface area contributed by atoms with Crippen LogP contribution in [0.2, 0.25) is 0 Å². The molecule has 2 aromatic carbocycles. The molecule has 0 fully saturated rings. The highest BCUT2D eigenvalue weighted by Gasteiger charge is 2.15. The number of fused-ring (bicyclic) bond motifs is 1. The summed E-state index contributed by atoms with van der Waals surface area (Å²) < 4.78 is 0. The highest BCUT2D eigenvalue weighted by molar-refractivity contribution is 5.98. The van der Waals surface area contributed by atoms with E-state index in [-0.39, 0.29) is 11.9 Å². The Morgan fingerprint density at radius 3 is 2.43 bits per heavy atom. The van der Waals surface area contributed by atoms with E-state index in [4.69, 9.17) is 5.73 Å². The van der Waals surface area contributed by atoms with Gasteiger partial charge in [0.15, 0.2) is 0 Å². The highest BCUT2D eigenvalue weighted by Crippen LogP contribution is 2.16. The number of nitrogens with two attached hydrogens (primary N) is 1. The van der Waals surface area contributed by atoms with Gasteiger partial charge in [0.2, 0.25) is 0 Å². The molecule has 3 N–H and O–H groups in total. The molecule has 0 heterocycles. The van der Waals surface area contributed by atoms with Crippen molar-refractivity contribution in [3.63, 3.8) is 0 Å². The van der Waals surface area contributed by atoms with Crippen LogP contribution in [0.4, 0.5) is 0 Å². The molecule has 0 saturated carbocycles. The predicted octanol–water partition coefficient (Wildman–Crippen LogP) is 3.33. The molecule has 0 aromatic heterocycles. The third kappa shape index (κ3) is 3.82. The van der Waals surface area contributed by atoms with Gasteiger partial charge in [-0.25, -0.2) is 0 Å². The van der Waals surface area contributed by atoms with Gasteiger partial charge < -0.3 is 11.1 Å². The Balaban J connectivity index is 2.02. The molecule has 112 valence electrons. The van der Waals surface area contributed by atoms with E-state index in [0.717, 1.165) is 23.6 Å². The van der Waals surface area contributed by atoms with Crippen molar-refractivity contribution in [1.29, 1.82) is 0 Å². The van der Waals surface area contributed by atoms with E-state index in [1.54, 1.807) is 0 Å². The molecular formula is C18H24N2O. The number of amides is 1. The Bertz CT molecular complexity index is 605. The monoisotopic (exact) mass is 284 g/mol. The lowest BCUT2D eigenvalue weighted by atomic mass is 9.95. The van der Waals surface area contributed by atoms with Crippen molar-refractivity contribution in [2.24, 2.45) is 11.7 Å². The van der Waals surface area contributed by atoms with E-state index >= 15 is 0 Å². The lowest BCUT2D eigenvalue weighted by Gasteiger charge is -2.21. The second kappa shape index (κ2) is 7.23. The van der Waals surface area contributed by atoms with Crippen LogP contribution in [0.3, 0.4) is 0 Å². The molecule has 1 amide bonds. The molecule has 21 heavy (non-hydrogen) atoms. The van der Waals surface area contributed by atoms with Gasteiger partial charge in [0, 0.05) is 18.2 Å². The normalized spacial score (nSPS) is 12.6. The summed E-state index contributed by atoms with van der Waals surface area (Å²) in [6.45, 7) is 4.80. The van der Waals surface area contributed by atoms with Crippen LogP contribution in [-0.4, -0.2) is 18.5 Å². The van der Waals surface area contributed by atoms with Crippen molar-refractivity contribution in [3.8, 4) is 0 Å². The molecule has 0 aliphatic rings. The van der Waals surface area contributed by atoms with E-state index in [1.807, 2.05) is 42.5 Å². The van der Waals surface area contributed by atoms with Gasteiger partial charge >= 0.3 is 0 Å². The van der Waals surface area contributed by atoms with E-state index in [9.17, 15) is 4.79 Å². The third-order valence-electron chi connectivity index (χ3n) is 4.16. The number of rotatable bonds is 6. The molecule has 0 saturated heterocycles. The minimum atomic E-state index is -0.0536. The first-order chi connectivity index (χ1) is 10.2. The molecule has 1 unspecified atom stereocenters. The summed E-state index contributed by atoms with van der Waals surface area (Å²) in [6, 6.07) is 13.8. The van der Waals surface area contributed by atoms with Crippen LogP contribution in [-0.2, 0) is 0 Å². The Morgan fingerprint density at radius 2 is 1.76 bits per heavy atom. The zero-order valence-electron chi connectivity index (χ0n) is 12.8. The second-order valence-corrected chi connectivity index (χ2v) is 5.51. The van der Waals surface area contributed by atoms with Crippen LogP contribution in [0.15, 0.2) is 42.5 Å². The predicted molar refractivity (Wildman–Crippen MR) is 88.3 cm³/mol. The maximum absolute atomic E-state index is 12.2. The summed E-state index contributed by atoms with van der Waals surface area (Å²) in [6.07, 6.45) is 2.09. The largest absolute Gasteiger partial charge is 0.350 e. The minimum absolute atomic E-state index is 0.0180. The molecule has 3 nitrogen and oxygen atoms in total. The summed E-state index contributed by atoms with van der Waals surface area (Å²) in [5.41, 5.74) is 6.83. The molecule has 0 radical (unpaired) electrons. The molecule has 0 aliphatic carbocycles. The number of carbonyl (C=O) groups excluding carboxylic acids is 1. The molecule has 0 aliphatic heterocycles. The van der Waals surface area contributed by atoms with Crippen LogP contribution in [0.5, 0.6) is 0 Å². The van der Waals surface area contributed by atoms with Gasteiger partial charge in [0.05, 0.1) is 0 Å². The average molecular weight is 284 g/mol. The van der Waals surface area contributed by atoms with Crippen molar-refractivity contribution in [3.05, 3.63) is 48.0 Å². The molecule has 2 rings (SSSR count). The molecule has 0 spiro atoms. The van der Waals surface area contributed by atoms with Crippen molar-refractivity contribution >= 4 is 16.7 Å². The van der Waals surface area contributed by atoms with Gasteiger partial charge in [0.1, 0.15) is 0 Å². The minimum Gasteiger partial charge on any atom is -0.350 e. The zero-order valence-corrected chi connectivity index (χ0v) is 12.8. The van der Waals surface area contributed by atoms with Gasteiger partial charge in [-0.2, -0.15) is 0 Å². The third-order valence-corrected chi connectivity index (χ3v) is 4.16. The lowest BCUT2D eigenvalue weighted by molar-refractivity contribution is 0.0948. The summed E-state index contributed by atoms with van der Waals surface area (Å²) in [5.74, 6) is 0.407. The van der Waals surface area contributed by atoms with Crippen LogP contribution >= 0.6 is 0 Å². The van der Waals surface area contributed by atoms with E-state index in [2.05, 4.69) is 19.2 Å². The average Bonchev–Trinajstić information content (AvgIpc) is 2.53. The number of hydrogen-bond acceptors (Lipinski definition) is 2. The SMILES string of the molecule is CCC(CC)C(N)CNC(=O)c1ccc2ccccc2c1. The fourth-order valence-electron chi connectivity index (χ4n) is 2.70. The maximum atomic E-state index is 12.2. The van der Waals surface area contributed by atoms with Gasteiger partial charge in [-0.05, 0) is 28.8 Å². The van der Waals surface area contributed by atoms with Crippen LogP contribution in [0.25, 0.3) is 10.8 Å². The van der Waals surface area contributed by atoms with Crippen molar-refractivity contribution in [2.75, 3.05) is 6.54 Å². The standard InChI is InChI=1S/C18H24N2O/c1-3-13(4-2)17(19)12-20-18(21)16-10-9-14-7-5-6-8-15(14)11-16/h5-11,13,17H,3-4,12,19H2,1-2H3,(H,20,21). The van der Waals surface area contributed by atoms with Gasteiger partial charge in [-0.1, -0.05) is 57.0 Å². The number of benzene rings is 2. The van der Waals surface area contributed by atoms with Gasteiger partial charge in [0.25, 0.3) is 5.91 Å². The van der Waals surface area contributed by atoms with Gasteiger partial charge in [-0.3, -0.25) is 4.79 Å². The lowest BCUT2D eigenvalue weighted by Crippen LogP contribution is -2.41. The highest BCUT2D eigenvalue weighted by atomic mass is 16.1. The van der Waals surface area contributed by atoms with Crippen LogP contribution < -0.4 is 11.1 Å². The fraction of sp³-hybridized carbons (Fsp3) is 0.389. The van der Waals surface area contributed by atoms with Crippen molar-refractivity contribution in [1.82, 2.24) is 5.32 Å². The molecule has 1 atom stereocenters. The molecule has 0 bridgehead atoms. The number of nitrogens with one attached hydrogen (secondary N) is 1. The summed E-state index contributed by atoms with van der Waals surface area (Å²) in [4.78, 5) is 12.2. The van der Waals surface area contributed by atoms with Crippen LogP contribution in [0.1, 0.15) is 37.0 Å². The summed E-state index contributed by atoms with van der Waals surface area (Å²) >= 11 is 0. The Hall–Kier alpha value is -1.87. The zero-order chi connectivity index (χ0) is 15.2. The fourth-order valence-corrected chi connectivity index (χ4v) is 2.70. The Morgan fingerprint density at radius 1 is 1.10 bits per heavy atom. The summed E-state index contributed by atoms with van der Waals surface area (Å²) in [5, 5.41) is 5.17. The van der Waals surface area contributed by atoms with E-state index in [0.29, 0.717) is 18.0 Å². The van der Waals surface area contributed by atoms with E-state index < -0.39 is 0 Å². The first-order valence-electron chi connectivity index (χ1n) is 7.68. The Kier molecular flexibility index (Phi) is 5.34. The van der Waals surface area contributed by atoms with Crippen molar-refractivity contribution < 1.29 is 4.79 Å². The smallest absolute Gasteiger partial charge is 0.251 e. The number of carbonyl (C=O) groups is 1.